The Bertz CT molecular complexity index is 2280. The lowest BCUT2D eigenvalue weighted by Gasteiger charge is -2.12. The van der Waals surface area contributed by atoms with Crippen molar-refractivity contribution in [2.45, 2.75) is 33.4 Å². The number of hydrogen-bond acceptors (Lipinski definition) is 14. The molecule has 48 heavy (non-hydrogen) atoms. The Kier molecular flexibility index (Phi) is 13.3. The lowest BCUT2D eigenvalue weighted by molar-refractivity contribution is 0.0698. The summed E-state index contributed by atoms with van der Waals surface area (Å²) in [6.07, 6.45) is 0. The number of phenolic OH excluding ortho intramolecular Hbond substituents is 1. The highest BCUT2D eigenvalue weighted by Crippen LogP contribution is 2.40. The minimum atomic E-state index is -5.10. The standard InChI is InChI=1S/C10H9NO10S3.C7H8N2O2.C6H7NO3S.C2H6/c11-9-7(24(19,20)21)2-4-1-5(22(13,14)15)3-6(23(16,17)18)8(4)10(9)12;8-4-1-2-6(9)5(3-4)7(10)11;7-5-1-3-6(4-2-5)11(8,9)10;1-2/h1-3,12H,11H2,(H,13,14,15)(H,16,17,18)(H,19,20,21);1-3H,8-9H2,(H,10,11);1-4H,7H2,(H,8,9,10);1-2H3. The predicted molar refractivity (Wildman–Crippen MR) is 174 cm³/mol. The molecule has 0 aliphatic carbocycles. The number of nitrogens with two attached hydrogens (primary N) is 4. The molecule has 264 valence electrons. The smallest absolute Gasteiger partial charge is 0.337 e. The highest BCUT2D eigenvalue weighted by atomic mass is 32.2. The number of fused-ring (bicyclic) bond motifs is 1. The van der Waals surface area contributed by atoms with Gasteiger partial charge in [-0.3, -0.25) is 18.2 Å². The van der Waals surface area contributed by atoms with Crippen molar-refractivity contribution < 1.29 is 66.9 Å². The van der Waals surface area contributed by atoms with Gasteiger partial charge in [-0.2, -0.15) is 33.7 Å². The van der Waals surface area contributed by atoms with Crippen LogP contribution in [-0.2, 0) is 40.5 Å². The summed E-state index contributed by atoms with van der Waals surface area (Å²) in [7, 11) is -19.1. The Labute approximate surface area is 274 Å². The summed E-state index contributed by atoms with van der Waals surface area (Å²) in [4.78, 5) is 7.12. The van der Waals surface area contributed by atoms with Crippen molar-refractivity contribution in [3.05, 3.63) is 66.2 Å². The van der Waals surface area contributed by atoms with Crippen molar-refractivity contribution >= 4 is 80.0 Å². The number of carboxylic acids is 1. The van der Waals surface area contributed by atoms with E-state index >= 15 is 0 Å². The third kappa shape index (κ3) is 10.9. The van der Waals surface area contributed by atoms with Crippen LogP contribution in [0.1, 0.15) is 24.2 Å². The van der Waals surface area contributed by atoms with E-state index in [1.54, 1.807) is 6.07 Å². The molecule has 0 aliphatic heterocycles. The van der Waals surface area contributed by atoms with E-state index < -0.39 is 83.3 Å². The van der Waals surface area contributed by atoms with Crippen LogP contribution in [0.2, 0.25) is 0 Å². The Morgan fingerprint density at radius 2 is 1.04 bits per heavy atom. The maximum absolute atomic E-state index is 11.4. The Balaban J connectivity index is 0.000000398. The quantitative estimate of drug-likeness (QED) is 0.0790. The number of phenols is 1. The number of anilines is 4. The predicted octanol–water partition coefficient (Wildman–Crippen LogP) is 1.96. The molecule has 0 saturated heterocycles. The van der Waals surface area contributed by atoms with Crippen LogP contribution in [0.25, 0.3) is 10.8 Å². The van der Waals surface area contributed by atoms with Crippen molar-refractivity contribution in [1.82, 2.24) is 0 Å². The molecule has 0 saturated carbocycles. The second-order valence-corrected chi connectivity index (χ2v) is 14.4. The highest BCUT2D eigenvalue weighted by molar-refractivity contribution is 7.87. The van der Waals surface area contributed by atoms with Gasteiger partial charge in [-0.1, -0.05) is 13.8 Å². The SMILES string of the molecule is CC.Nc1c(S(=O)(=O)O)cc2cc(S(=O)(=O)O)cc(S(=O)(=O)O)c2c1O.Nc1ccc(N)c(C(=O)O)c1.Nc1ccc(S(=O)(=O)O)cc1. The molecule has 4 rings (SSSR count). The Morgan fingerprint density at radius 3 is 1.44 bits per heavy atom. The topological polar surface area (TPSA) is 379 Å². The zero-order valence-electron chi connectivity index (χ0n) is 24.6. The maximum Gasteiger partial charge on any atom is 0.337 e. The molecule has 19 nitrogen and oxygen atoms in total. The van der Waals surface area contributed by atoms with E-state index in [4.69, 9.17) is 41.7 Å². The summed E-state index contributed by atoms with van der Waals surface area (Å²) in [5.41, 5.74) is 21.5. The van der Waals surface area contributed by atoms with E-state index in [0.29, 0.717) is 29.6 Å². The van der Waals surface area contributed by atoms with Crippen molar-refractivity contribution in [3.8, 4) is 5.75 Å². The number of rotatable bonds is 5. The molecule has 0 aliphatic rings. The second-order valence-electron chi connectivity index (χ2n) is 8.78. The van der Waals surface area contributed by atoms with Crippen LogP contribution < -0.4 is 22.9 Å². The lowest BCUT2D eigenvalue weighted by Crippen LogP contribution is -2.07. The summed E-state index contributed by atoms with van der Waals surface area (Å²) < 4.78 is 124. The summed E-state index contributed by atoms with van der Waals surface area (Å²) >= 11 is 0. The van der Waals surface area contributed by atoms with Crippen molar-refractivity contribution in [2.24, 2.45) is 0 Å². The highest BCUT2D eigenvalue weighted by Gasteiger charge is 2.27. The van der Waals surface area contributed by atoms with Gasteiger partial charge in [0.2, 0.25) is 0 Å². The number of nitrogen functional groups attached to an aromatic ring is 4. The van der Waals surface area contributed by atoms with E-state index in [1.807, 2.05) is 13.8 Å². The number of aromatic carboxylic acids is 1. The molecular weight excluding hydrogens is 725 g/mol. The first-order valence-corrected chi connectivity index (χ1v) is 18.2. The molecule has 0 fully saturated rings. The van der Waals surface area contributed by atoms with Gasteiger partial charge in [-0.15, -0.1) is 0 Å². The fraction of sp³-hybridized carbons (Fsp3) is 0.0800. The van der Waals surface area contributed by atoms with Gasteiger partial charge in [0, 0.05) is 22.4 Å². The molecule has 0 radical (unpaired) electrons. The molecule has 0 spiro atoms. The fourth-order valence-electron chi connectivity index (χ4n) is 3.41. The van der Waals surface area contributed by atoms with E-state index in [0.717, 1.165) is 0 Å². The first-order valence-electron chi connectivity index (χ1n) is 12.5. The largest absolute Gasteiger partial charge is 0.505 e. The van der Waals surface area contributed by atoms with E-state index in [-0.39, 0.29) is 16.1 Å². The monoisotopic (exact) mass is 754 g/mol. The van der Waals surface area contributed by atoms with Gasteiger partial charge in [-0.25, -0.2) is 4.79 Å². The van der Waals surface area contributed by atoms with Crippen molar-refractivity contribution in [2.75, 3.05) is 22.9 Å². The maximum atomic E-state index is 11.4. The van der Waals surface area contributed by atoms with Crippen LogP contribution in [0.15, 0.2) is 80.2 Å². The number of carboxylic acid groups (broad SMARTS) is 1. The van der Waals surface area contributed by atoms with E-state index in [9.17, 15) is 48.1 Å². The fourth-order valence-corrected chi connectivity index (χ4v) is 5.91. The number of carbonyl (C=O) groups is 1. The van der Waals surface area contributed by atoms with Gasteiger partial charge in [0.15, 0.2) is 0 Å². The van der Waals surface area contributed by atoms with Crippen LogP contribution >= 0.6 is 0 Å². The molecule has 0 atom stereocenters. The average molecular weight is 755 g/mol. The number of aromatic hydroxyl groups is 1. The van der Waals surface area contributed by atoms with Gasteiger partial charge in [-0.05, 0) is 66.0 Å². The van der Waals surface area contributed by atoms with Gasteiger partial charge < -0.3 is 33.1 Å². The van der Waals surface area contributed by atoms with Crippen LogP contribution in [0.3, 0.4) is 0 Å². The second kappa shape index (κ2) is 15.4. The first kappa shape index (κ1) is 41.3. The molecule has 0 unspecified atom stereocenters. The minimum absolute atomic E-state index is 0.0463. The molecule has 4 aromatic rings. The van der Waals surface area contributed by atoms with Gasteiger partial charge in [0.25, 0.3) is 40.5 Å². The summed E-state index contributed by atoms with van der Waals surface area (Å²) in [5.74, 6) is -2.19. The summed E-state index contributed by atoms with van der Waals surface area (Å²) in [5, 5.41) is 17.3. The van der Waals surface area contributed by atoms with Crippen molar-refractivity contribution in [3.63, 3.8) is 0 Å². The first-order chi connectivity index (χ1) is 21.7. The van der Waals surface area contributed by atoms with Crippen LogP contribution in [0.5, 0.6) is 5.75 Å². The summed E-state index contributed by atoms with van der Waals surface area (Å²) in [6.45, 7) is 4.00. The Hall–Kier alpha value is -4.75. The van der Waals surface area contributed by atoms with Gasteiger partial charge >= 0.3 is 5.97 Å². The van der Waals surface area contributed by atoms with E-state index in [1.165, 1.54) is 36.4 Å². The molecule has 0 amide bonds. The third-order valence-corrected chi connectivity index (χ3v) is 8.96. The van der Waals surface area contributed by atoms with Crippen LogP contribution in [-0.4, -0.2) is 68.1 Å². The molecule has 14 N–H and O–H groups in total. The van der Waals surface area contributed by atoms with Crippen LogP contribution in [0, 0.1) is 0 Å². The van der Waals surface area contributed by atoms with Crippen molar-refractivity contribution in [1.29, 1.82) is 0 Å². The van der Waals surface area contributed by atoms with Gasteiger partial charge in [0.05, 0.1) is 21.0 Å². The van der Waals surface area contributed by atoms with Crippen LogP contribution in [0.4, 0.5) is 22.7 Å². The Morgan fingerprint density at radius 1 is 0.583 bits per heavy atom. The zero-order valence-corrected chi connectivity index (χ0v) is 27.8. The molecule has 23 heteroatoms. The van der Waals surface area contributed by atoms with Gasteiger partial charge in [0.1, 0.15) is 15.5 Å². The number of hydrogen-bond donors (Lipinski definition) is 10. The molecule has 0 bridgehead atoms. The molecule has 4 aromatic carbocycles. The normalized spacial score (nSPS) is 11.5. The third-order valence-electron chi connectivity index (χ3n) is 5.49. The minimum Gasteiger partial charge on any atom is -0.505 e. The lowest BCUT2D eigenvalue weighted by atomic mass is 10.1. The molecular formula is C25H30N4O15S4. The number of benzene rings is 4. The van der Waals surface area contributed by atoms with E-state index in [2.05, 4.69) is 0 Å². The average Bonchev–Trinajstić information content (AvgIpc) is 2.95. The summed E-state index contributed by atoms with van der Waals surface area (Å²) in [6, 6.07) is 11.2. The zero-order chi connectivity index (χ0) is 37.6. The molecule has 0 heterocycles. The molecule has 0 aromatic heterocycles.